The Hall–Kier alpha value is -1.16. The molecule has 0 bridgehead atoms. The molecule has 1 rings (SSSR count). The molecule has 0 aromatic carbocycles. The highest BCUT2D eigenvalue weighted by Gasteiger charge is 2.44. The number of allylic oxidation sites excluding steroid dienone is 1. The van der Waals surface area contributed by atoms with E-state index in [4.69, 9.17) is 4.74 Å². The lowest BCUT2D eigenvalue weighted by molar-refractivity contribution is -0.159. The SMILES string of the molecule is C=CC(=O)CCC(=O)OC1CC(C)(C)N(C)C(C)(C)C1. The number of hydrogen-bond acceptors (Lipinski definition) is 4. The summed E-state index contributed by atoms with van der Waals surface area (Å²) in [7, 11) is 2.11. The van der Waals surface area contributed by atoms with E-state index < -0.39 is 0 Å². The van der Waals surface area contributed by atoms with Crippen molar-refractivity contribution < 1.29 is 14.3 Å². The Labute approximate surface area is 122 Å². The van der Waals surface area contributed by atoms with Gasteiger partial charge in [-0.05, 0) is 40.8 Å². The van der Waals surface area contributed by atoms with E-state index in [2.05, 4.69) is 46.2 Å². The van der Waals surface area contributed by atoms with Gasteiger partial charge >= 0.3 is 5.97 Å². The van der Waals surface area contributed by atoms with Crippen LogP contribution >= 0.6 is 0 Å². The third kappa shape index (κ3) is 4.17. The van der Waals surface area contributed by atoms with Gasteiger partial charge in [0.05, 0.1) is 6.42 Å². The fraction of sp³-hybridized carbons (Fsp3) is 0.750. The van der Waals surface area contributed by atoms with Crippen LogP contribution in [-0.2, 0) is 14.3 Å². The minimum Gasteiger partial charge on any atom is -0.462 e. The van der Waals surface area contributed by atoms with Crippen molar-refractivity contribution in [3.8, 4) is 0 Å². The second-order valence-corrected chi connectivity index (χ2v) is 6.87. The van der Waals surface area contributed by atoms with Gasteiger partial charge in [-0.25, -0.2) is 0 Å². The lowest BCUT2D eigenvalue weighted by Gasteiger charge is -2.53. The molecule has 0 radical (unpaired) electrons. The third-order valence-corrected chi connectivity index (χ3v) is 4.37. The van der Waals surface area contributed by atoms with Gasteiger partial charge in [0.1, 0.15) is 6.10 Å². The molecule has 0 unspecified atom stereocenters. The first kappa shape index (κ1) is 16.9. The van der Waals surface area contributed by atoms with Crippen LogP contribution < -0.4 is 0 Å². The van der Waals surface area contributed by atoms with Gasteiger partial charge in [-0.2, -0.15) is 0 Å². The minimum absolute atomic E-state index is 0.0103. The molecule has 0 atom stereocenters. The molecule has 0 aromatic heterocycles. The van der Waals surface area contributed by atoms with Crippen molar-refractivity contribution in [3.63, 3.8) is 0 Å². The van der Waals surface area contributed by atoms with E-state index in [-0.39, 0.29) is 41.8 Å². The molecule has 0 aromatic rings. The number of ether oxygens (including phenoxy) is 1. The van der Waals surface area contributed by atoms with Gasteiger partial charge in [0.15, 0.2) is 5.78 Å². The molecule has 1 saturated heterocycles. The van der Waals surface area contributed by atoms with Gasteiger partial charge in [0.25, 0.3) is 0 Å². The van der Waals surface area contributed by atoms with E-state index in [0.717, 1.165) is 12.8 Å². The fourth-order valence-electron chi connectivity index (χ4n) is 2.94. The predicted octanol–water partition coefficient (Wildman–Crippen LogP) is 2.72. The van der Waals surface area contributed by atoms with Gasteiger partial charge in [0, 0.05) is 30.3 Å². The lowest BCUT2D eigenvalue weighted by Crippen LogP contribution is -2.60. The van der Waals surface area contributed by atoms with E-state index in [1.165, 1.54) is 6.08 Å². The zero-order valence-electron chi connectivity index (χ0n) is 13.4. The van der Waals surface area contributed by atoms with E-state index >= 15 is 0 Å². The minimum atomic E-state index is -0.290. The Morgan fingerprint density at radius 3 is 2.15 bits per heavy atom. The Kier molecular flexibility index (Phi) is 5.14. The molecule has 114 valence electrons. The van der Waals surface area contributed by atoms with Crippen molar-refractivity contribution in [2.24, 2.45) is 0 Å². The van der Waals surface area contributed by atoms with Crippen molar-refractivity contribution >= 4 is 11.8 Å². The Balaban J connectivity index is 2.58. The summed E-state index contributed by atoms with van der Waals surface area (Å²) in [6.07, 6.45) is 3.11. The van der Waals surface area contributed by atoms with Gasteiger partial charge in [-0.1, -0.05) is 6.58 Å². The first-order valence-electron chi connectivity index (χ1n) is 7.17. The second kappa shape index (κ2) is 6.08. The van der Waals surface area contributed by atoms with Gasteiger partial charge in [-0.3, -0.25) is 14.5 Å². The largest absolute Gasteiger partial charge is 0.462 e. The second-order valence-electron chi connectivity index (χ2n) is 6.87. The number of rotatable bonds is 5. The van der Waals surface area contributed by atoms with Crippen LogP contribution in [0.3, 0.4) is 0 Å². The highest BCUT2D eigenvalue weighted by Crippen LogP contribution is 2.38. The molecule has 0 amide bonds. The lowest BCUT2D eigenvalue weighted by atomic mass is 9.79. The monoisotopic (exact) mass is 281 g/mol. The van der Waals surface area contributed by atoms with Crippen LogP contribution in [0.2, 0.25) is 0 Å². The first-order valence-corrected chi connectivity index (χ1v) is 7.17. The van der Waals surface area contributed by atoms with E-state index in [0.29, 0.717) is 0 Å². The molecule has 0 saturated carbocycles. The normalized spacial score (nSPS) is 22.2. The molecule has 0 N–H and O–H groups in total. The maximum atomic E-state index is 11.8. The predicted molar refractivity (Wildman–Crippen MR) is 79.5 cm³/mol. The van der Waals surface area contributed by atoms with Crippen LogP contribution in [0.25, 0.3) is 0 Å². The van der Waals surface area contributed by atoms with Crippen molar-refractivity contribution in [1.29, 1.82) is 0 Å². The average Bonchev–Trinajstić information content (AvgIpc) is 2.32. The van der Waals surface area contributed by atoms with Crippen molar-refractivity contribution in [2.45, 2.75) is 70.6 Å². The Morgan fingerprint density at radius 1 is 1.20 bits per heavy atom. The molecule has 4 heteroatoms. The summed E-state index contributed by atoms with van der Waals surface area (Å²) in [6.45, 7) is 12.0. The number of nitrogens with zero attached hydrogens (tertiary/aromatic N) is 1. The first-order chi connectivity index (χ1) is 9.08. The number of piperidine rings is 1. The van der Waals surface area contributed by atoms with Crippen LogP contribution in [0.15, 0.2) is 12.7 Å². The summed E-state index contributed by atoms with van der Waals surface area (Å²) < 4.78 is 5.55. The Bertz CT molecular complexity index is 381. The number of esters is 1. The molecule has 1 fully saturated rings. The van der Waals surface area contributed by atoms with E-state index in [1.54, 1.807) is 0 Å². The van der Waals surface area contributed by atoms with Crippen LogP contribution in [0.4, 0.5) is 0 Å². The summed E-state index contributed by atoms with van der Waals surface area (Å²) in [5.74, 6) is -0.410. The third-order valence-electron chi connectivity index (χ3n) is 4.37. The summed E-state index contributed by atoms with van der Waals surface area (Å²) >= 11 is 0. The molecule has 1 aliphatic rings. The Morgan fingerprint density at radius 2 is 1.70 bits per heavy atom. The molecule has 1 heterocycles. The van der Waals surface area contributed by atoms with Gasteiger partial charge in [0.2, 0.25) is 0 Å². The number of ketones is 1. The molecular formula is C16H27NO3. The smallest absolute Gasteiger partial charge is 0.306 e. The molecular weight excluding hydrogens is 254 g/mol. The molecule has 4 nitrogen and oxygen atoms in total. The van der Waals surface area contributed by atoms with E-state index in [1.807, 2.05) is 0 Å². The quantitative estimate of drug-likeness (QED) is 0.574. The standard InChI is InChI=1S/C16H27NO3/c1-7-12(18)8-9-14(19)20-13-10-15(2,3)17(6)16(4,5)11-13/h7,13H,1,8-11H2,2-6H3. The highest BCUT2D eigenvalue weighted by atomic mass is 16.5. The van der Waals surface area contributed by atoms with Crippen molar-refractivity contribution in [2.75, 3.05) is 7.05 Å². The van der Waals surface area contributed by atoms with Crippen LogP contribution in [0.1, 0.15) is 53.4 Å². The summed E-state index contributed by atoms with van der Waals surface area (Å²) in [6, 6.07) is 0. The molecule has 1 aliphatic heterocycles. The summed E-state index contributed by atoms with van der Waals surface area (Å²) in [5, 5.41) is 0. The number of hydrogen-bond donors (Lipinski definition) is 0. The number of carbonyl (C=O) groups excluding carboxylic acids is 2. The van der Waals surface area contributed by atoms with Crippen LogP contribution in [0, 0.1) is 0 Å². The van der Waals surface area contributed by atoms with Crippen molar-refractivity contribution in [3.05, 3.63) is 12.7 Å². The van der Waals surface area contributed by atoms with Crippen LogP contribution in [0.5, 0.6) is 0 Å². The maximum Gasteiger partial charge on any atom is 0.306 e. The maximum absolute atomic E-state index is 11.8. The topological polar surface area (TPSA) is 46.6 Å². The average molecular weight is 281 g/mol. The summed E-state index contributed by atoms with van der Waals surface area (Å²) in [5.41, 5.74) is -0.0206. The molecule has 0 spiro atoms. The van der Waals surface area contributed by atoms with Crippen molar-refractivity contribution in [1.82, 2.24) is 4.90 Å². The van der Waals surface area contributed by atoms with Gasteiger partial charge < -0.3 is 4.74 Å². The van der Waals surface area contributed by atoms with Crippen LogP contribution in [-0.4, -0.2) is 40.9 Å². The van der Waals surface area contributed by atoms with Gasteiger partial charge in [-0.15, -0.1) is 0 Å². The highest BCUT2D eigenvalue weighted by molar-refractivity contribution is 5.91. The van der Waals surface area contributed by atoms with E-state index in [9.17, 15) is 9.59 Å². The molecule has 20 heavy (non-hydrogen) atoms. The number of carbonyl (C=O) groups is 2. The fourth-order valence-corrected chi connectivity index (χ4v) is 2.94. The zero-order valence-corrected chi connectivity index (χ0v) is 13.4. The molecule has 0 aliphatic carbocycles. The summed E-state index contributed by atoms with van der Waals surface area (Å²) in [4.78, 5) is 25.3. The zero-order chi connectivity index (χ0) is 15.6. The number of likely N-dealkylation sites (tertiary alicyclic amines) is 1.